The van der Waals surface area contributed by atoms with Crippen LogP contribution in [0.25, 0.3) is 5.69 Å². The van der Waals surface area contributed by atoms with Gasteiger partial charge in [-0.2, -0.15) is 4.68 Å². The Hall–Kier alpha value is -3.62. The first kappa shape index (κ1) is 19.2. The van der Waals surface area contributed by atoms with E-state index < -0.39 is 0 Å². The highest BCUT2D eigenvalue weighted by atomic mass is 16.5. The third-order valence-corrected chi connectivity index (χ3v) is 4.15. The molecule has 0 saturated carbocycles. The van der Waals surface area contributed by atoms with Crippen molar-refractivity contribution in [2.45, 2.75) is 12.8 Å². The fourth-order valence-electron chi connectivity index (χ4n) is 2.74. The second-order valence-corrected chi connectivity index (χ2v) is 5.88. The Morgan fingerprint density at radius 1 is 1.00 bits per heavy atom. The number of aromatic nitrogens is 4. The van der Waals surface area contributed by atoms with Gasteiger partial charge in [0.1, 0.15) is 17.8 Å². The number of nitrogens with zero attached hydrogens (tertiary/aromatic N) is 4. The molecule has 0 aliphatic rings. The van der Waals surface area contributed by atoms with E-state index in [1.54, 1.807) is 39.5 Å². The SMILES string of the molecule is COc1ccc(CCC(=O)Nc2ccc(OC)c(-n3cnnn3)c2)cc1OC. The molecule has 1 amide bonds. The molecule has 3 aromatic rings. The number of ether oxygens (including phenoxy) is 3. The Morgan fingerprint density at radius 2 is 1.75 bits per heavy atom. The predicted molar refractivity (Wildman–Crippen MR) is 102 cm³/mol. The molecule has 146 valence electrons. The summed E-state index contributed by atoms with van der Waals surface area (Å²) in [5.41, 5.74) is 2.24. The van der Waals surface area contributed by atoms with Gasteiger partial charge in [-0.05, 0) is 52.7 Å². The number of rotatable bonds is 8. The van der Waals surface area contributed by atoms with Gasteiger partial charge in [0, 0.05) is 12.1 Å². The quantitative estimate of drug-likeness (QED) is 0.637. The normalized spacial score (nSPS) is 10.4. The highest BCUT2D eigenvalue weighted by Crippen LogP contribution is 2.28. The van der Waals surface area contributed by atoms with Crippen LogP contribution in [0.1, 0.15) is 12.0 Å². The maximum atomic E-state index is 12.4. The number of aryl methyl sites for hydroxylation is 1. The molecule has 9 nitrogen and oxygen atoms in total. The molecule has 9 heteroatoms. The maximum absolute atomic E-state index is 12.4. The molecular weight excluding hydrogens is 362 g/mol. The van der Waals surface area contributed by atoms with Crippen molar-refractivity contribution in [2.24, 2.45) is 0 Å². The molecular formula is C19H21N5O4. The Labute approximate surface area is 162 Å². The van der Waals surface area contributed by atoms with Crippen molar-refractivity contribution in [3.05, 3.63) is 48.3 Å². The van der Waals surface area contributed by atoms with Crippen LogP contribution >= 0.6 is 0 Å². The Bertz CT molecular complexity index is 944. The molecule has 0 radical (unpaired) electrons. The van der Waals surface area contributed by atoms with Gasteiger partial charge in [0.2, 0.25) is 5.91 Å². The van der Waals surface area contributed by atoms with Crippen LogP contribution in [-0.2, 0) is 11.2 Å². The van der Waals surface area contributed by atoms with Crippen LogP contribution in [0.4, 0.5) is 5.69 Å². The minimum absolute atomic E-state index is 0.109. The van der Waals surface area contributed by atoms with Crippen LogP contribution in [0.5, 0.6) is 17.2 Å². The van der Waals surface area contributed by atoms with E-state index in [0.717, 1.165) is 5.56 Å². The van der Waals surface area contributed by atoms with Crippen molar-refractivity contribution in [3.63, 3.8) is 0 Å². The van der Waals surface area contributed by atoms with Crippen LogP contribution in [0.3, 0.4) is 0 Å². The van der Waals surface area contributed by atoms with Gasteiger partial charge in [-0.25, -0.2) is 0 Å². The summed E-state index contributed by atoms with van der Waals surface area (Å²) < 4.78 is 17.3. The first-order valence-corrected chi connectivity index (χ1v) is 8.56. The molecule has 0 aliphatic carbocycles. The van der Waals surface area contributed by atoms with Gasteiger partial charge in [-0.3, -0.25) is 4.79 Å². The Morgan fingerprint density at radius 3 is 2.43 bits per heavy atom. The molecule has 0 bridgehead atoms. The first-order valence-electron chi connectivity index (χ1n) is 8.56. The van der Waals surface area contributed by atoms with Crippen molar-refractivity contribution in [1.82, 2.24) is 20.2 Å². The highest BCUT2D eigenvalue weighted by Gasteiger charge is 2.11. The van der Waals surface area contributed by atoms with Crippen molar-refractivity contribution >= 4 is 11.6 Å². The van der Waals surface area contributed by atoms with E-state index >= 15 is 0 Å². The van der Waals surface area contributed by atoms with Crippen LogP contribution in [-0.4, -0.2) is 47.4 Å². The predicted octanol–water partition coefficient (Wildman–Crippen LogP) is 2.26. The number of carbonyl (C=O) groups excluding carboxylic acids is 1. The summed E-state index contributed by atoms with van der Waals surface area (Å²) in [6, 6.07) is 10.9. The monoisotopic (exact) mass is 383 g/mol. The summed E-state index contributed by atoms with van der Waals surface area (Å²) in [4.78, 5) is 12.4. The van der Waals surface area contributed by atoms with Gasteiger partial charge in [0.15, 0.2) is 11.5 Å². The lowest BCUT2D eigenvalue weighted by Gasteiger charge is -2.11. The summed E-state index contributed by atoms with van der Waals surface area (Å²) in [6.07, 6.45) is 2.35. The number of hydrogen-bond donors (Lipinski definition) is 1. The number of benzene rings is 2. The molecule has 3 rings (SSSR count). The maximum Gasteiger partial charge on any atom is 0.224 e. The molecule has 0 aliphatic heterocycles. The van der Waals surface area contributed by atoms with Gasteiger partial charge in [0.05, 0.1) is 21.3 Å². The summed E-state index contributed by atoms with van der Waals surface area (Å²) in [6.45, 7) is 0. The molecule has 0 spiro atoms. The fourth-order valence-corrected chi connectivity index (χ4v) is 2.74. The van der Waals surface area contributed by atoms with Crippen LogP contribution < -0.4 is 19.5 Å². The fraction of sp³-hybridized carbons (Fsp3) is 0.263. The van der Waals surface area contributed by atoms with E-state index in [1.807, 2.05) is 18.2 Å². The molecule has 2 aromatic carbocycles. The molecule has 1 aromatic heterocycles. The van der Waals surface area contributed by atoms with Crippen molar-refractivity contribution in [3.8, 4) is 22.9 Å². The number of methoxy groups -OCH3 is 3. The van der Waals surface area contributed by atoms with Crippen LogP contribution in [0.2, 0.25) is 0 Å². The summed E-state index contributed by atoms with van der Waals surface area (Å²) in [7, 11) is 4.73. The van der Waals surface area contributed by atoms with Crippen molar-refractivity contribution < 1.29 is 19.0 Å². The highest BCUT2D eigenvalue weighted by molar-refractivity contribution is 5.91. The molecule has 0 atom stereocenters. The van der Waals surface area contributed by atoms with E-state index in [-0.39, 0.29) is 5.91 Å². The van der Waals surface area contributed by atoms with E-state index in [1.165, 1.54) is 11.0 Å². The average Bonchev–Trinajstić information content (AvgIpc) is 3.26. The third kappa shape index (κ3) is 4.37. The number of amides is 1. The van der Waals surface area contributed by atoms with E-state index in [4.69, 9.17) is 14.2 Å². The summed E-state index contributed by atoms with van der Waals surface area (Å²) in [5, 5.41) is 14.0. The largest absolute Gasteiger partial charge is 0.494 e. The lowest BCUT2D eigenvalue weighted by molar-refractivity contribution is -0.116. The molecule has 1 heterocycles. The zero-order chi connectivity index (χ0) is 19.9. The molecule has 0 unspecified atom stereocenters. The second-order valence-electron chi connectivity index (χ2n) is 5.88. The molecule has 28 heavy (non-hydrogen) atoms. The number of anilines is 1. The second kappa shape index (κ2) is 8.85. The Balaban J connectivity index is 1.66. The zero-order valence-corrected chi connectivity index (χ0v) is 15.9. The average molecular weight is 383 g/mol. The summed E-state index contributed by atoms with van der Waals surface area (Å²) >= 11 is 0. The first-order chi connectivity index (χ1) is 13.6. The van der Waals surface area contributed by atoms with Gasteiger partial charge in [-0.15, -0.1) is 5.10 Å². The minimum Gasteiger partial charge on any atom is -0.494 e. The van der Waals surface area contributed by atoms with Crippen LogP contribution in [0, 0.1) is 0 Å². The number of carbonyl (C=O) groups is 1. The van der Waals surface area contributed by atoms with Crippen molar-refractivity contribution in [2.75, 3.05) is 26.6 Å². The smallest absolute Gasteiger partial charge is 0.224 e. The topological polar surface area (TPSA) is 100 Å². The van der Waals surface area contributed by atoms with Gasteiger partial charge in [0.25, 0.3) is 0 Å². The molecule has 0 saturated heterocycles. The van der Waals surface area contributed by atoms with Gasteiger partial charge < -0.3 is 19.5 Å². The summed E-state index contributed by atoms with van der Waals surface area (Å²) in [5.74, 6) is 1.78. The van der Waals surface area contributed by atoms with Gasteiger partial charge in [-0.1, -0.05) is 6.07 Å². The zero-order valence-electron chi connectivity index (χ0n) is 15.9. The number of nitrogens with one attached hydrogen (secondary N) is 1. The van der Waals surface area contributed by atoms with Crippen LogP contribution in [0.15, 0.2) is 42.7 Å². The third-order valence-electron chi connectivity index (χ3n) is 4.15. The molecule has 1 N–H and O–H groups in total. The Kier molecular flexibility index (Phi) is 6.05. The minimum atomic E-state index is -0.109. The number of tetrazole rings is 1. The van der Waals surface area contributed by atoms with E-state index in [9.17, 15) is 4.79 Å². The van der Waals surface area contributed by atoms with Crippen molar-refractivity contribution in [1.29, 1.82) is 0 Å². The number of hydrogen-bond acceptors (Lipinski definition) is 7. The van der Waals surface area contributed by atoms with E-state index in [0.29, 0.717) is 41.5 Å². The lowest BCUT2D eigenvalue weighted by atomic mass is 10.1. The van der Waals surface area contributed by atoms with Gasteiger partial charge >= 0.3 is 0 Å². The lowest BCUT2D eigenvalue weighted by Crippen LogP contribution is -2.13. The standard InChI is InChI=1S/C19H21N5O4/c1-26-16-8-6-14(11-15(16)24-12-20-22-23-24)21-19(25)9-5-13-4-7-17(27-2)18(10-13)28-3/h4,6-8,10-12H,5,9H2,1-3H3,(H,21,25). The van der Waals surface area contributed by atoms with E-state index in [2.05, 4.69) is 20.8 Å². The molecule has 0 fully saturated rings.